The monoisotopic (exact) mass is 274 g/mol. The van der Waals surface area contributed by atoms with Gasteiger partial charge in [-0.05, 0) is 41.8 Å². The van der Waals surface area contributed by atoms with Gasteiger partial charge in [0.1, 0.15) is 5.82 Å². The fourth-order valence-corrected chi connectivity index (χ4v) is 1.88. The van der Waals surface area contributed by atoms with Gasteiger partial charge in [0.2, 0.25) is 0 Å². The summed E-state index contributed by atoms with van der Waals surface area (Å²) >= 11 is 0. The van der Waals surface area contributed by atoms with Gasteiger partial charge in [0, 0.05) is 0 Å². The van der Waals surface area contributed by atoms with Crippen molar-refractivity contribution in [3.63, 3.8) is 0 Å². The highest BCUT2D eigenvalue weighted by atomic mass is 19.1. The summed E-state index contributed by atoms with van der Waals surface area (Å²) < 4.78 is 12.8. The lowest BCUT2D eigenvalue weighted by Crippen LogP contribution is -2.06. The topological polar surface area (TPSA) is 74.6 Å². The molecule has 0 amide bonds. The molecule has 0 aliphatic heterocycles. The van der Waals surface area contributed by atoms with Crippen molar-refractivity contribution in [3.05, 3.63) is 70.5 Å². The van der Waals surface area contributed by atoms with E-state index in [9.17, 15) is 14.0 Å². The summed E-state index contributed by atoms with van der Waals surface area (Å²) in [5, 5.41) is 18.0. The van der Waals surface area contributed by atoms with Gasteiger partial charge in [0.25, 0.3) is 0 Å². The largest absolute Gasteiger partial charge is 0.478 e. The van der Waals surface area contributed by atoms with E-state index in [2.05, 4.69) is 0 Å². The summed E-state index contributed by atoms with van der Waals surface area (Å²) in [7, 11) is 0. The third-order valence-corrected chi connectivity index (χ3v) is 2.90. The van der Waals surface area contributed by atoms with Crippen molar-refractivity contribution >= 4 is 11.9 Å². The molecule has 0 spiro atoms. The van der Waals surface area contributed by atoms with E-state index in [1.807, 2.05) is 0 Å². The Hall–Kier alpha value is -2.69. The minimum atomic E-state index is -1.19. The SMILES string of the molecule is O=C(O)c1ccc(Cc2ccc(F)cc2)c(C(=O)O)c1. The number of benzene rings is 2. The van der Waals surface area contributed by atoms with E-state index in [1.54, 1.807) is 12.1 Å². The Morgan fingerprint density at radius 3 is 2.15 bits per heavy atom. The Morgan fingerprint density at radius 1 is 0.950 bits per heavy atom. The van der Waals surface area contributed by atoms with Crippen molar-refractivity contribution in [2.75, 3.05) is 0 Å². The van der Waals surface area contributed by atoms with Crippen LogP contribution in [0.1, 0.15) is 31.8 Å². The number of hydrogen-bond donors (Lipinski definition) is 2. The Labute approximate surface area is 114 Å². The lowest BCUT2D eigenvalue weighted by atomic mass is 9.97. The highest BCUT2D eigenvalue weighted by Gasteiger charge is 2.14. The fraction of sp³-hybridized carbons (Fsp3) is 0.0667. The molecule has 0 radical (unpaired) electrons. The quantitative estimate of drug-likeness (QED) is 0.899. The summed E-state index contributed by atoms with van der Waals surface area (Å²) in [6.45, 7) is 0. The highest BCUT2D eigenvalue weighted by molar-refractivity contribution is 5.94. The van der Waals surface area contributed by atoms with Crippen LogP contribution in [0.5, 0.6) is 0 Å². The maximum atomic E-state index is 12.8. The van der Waals surface area contributed by atoms with Crippen LogP contribution in [0.4, 0.5) is 4.39 Å². The lowest BCUT2D eigenvalue weighted by molar-refractivity contribution is 0.0695. The number of carboxylic acid groups (broad SMARTS) is 2. The van der Waals surface area contributed by atoms with Gasteiger partial charge in [-0.25, -0.2) is 14.0 Å². The average Bonchev–Trinajstić information content (AvgIpc) is 2.41. The molecule has 0 bridgehead atoms. The molecule has 5 heteroatoms. The number of halogens is 1. The molecule has 2 rings (SSSR count). The van der Waals surface area contributed by atoms with Crippen molar-refractivity contribution in [2.45, 2.75) is 6.42 Å². The van der Waals surface area contributed by atoms with Gasteiger partial charge in [0.05, 0.1) is 11.1 Å². The molecule has 0 aromatic heterocycles. The maximum absolute atomic E-state index is 12.8. The summed E-state index contributed by atoms with van der Waals surface area (Å²) in [6, 6.07) is 9.66. The molecule has 4 nitrogen and oxygen atoms in total. The maximum Gasteiger partial charge on any atom is 0.336 e. The van der Waals surface area contributed by atoms with Gasteiger partial charge in [0.15, 0.2) is 0 Å². The second kappa shape index (κ2) is 5.52. The first-order chi connectivity index (χ1) is 9.47. The van der Waals surface area contributed by atoms with Crippen molar-refractivity contribution in [2.24, 2.45) is 0 Å². The Kier molecular flexibility index (Phi) is 3.79. The first kappa shape index (κ1) is 13.7. The second-order valence-corrected chi connectivity index (χ2v) is 4.29. The van der Waals surface area contributed by atoms with Crippen molar-refractivity contribution < 1.29 is 24.2 Å². The molecule has 0 saturated heterocycles. The van der Waals surface area contributed by atoms with Crippen LogP contribution >= 0.6 is 0 Å². The van der Waals surface area contributed by atoms with E-state index in [-0.39, 0.29) is 16.9 Å². The molecule has 0 fully saturated rings. The molecule has 0 aliphatic rings. The molecule has 20 heavy (non-hydrogen) atoms. The Morgan fingerprint density at radius 2 is 1.60 bits per heavy atom. The summed E-state index contributed by atoms with van der Waals surface area (Å²) in [6.07, 6.45) is 0.293. The van der Waals surface area contributed by atoms with E-state index in [1.165, 1.54) is 24.3 Å². The standard InChI is InChI=1S/C15H11FO4/c16-12-5-1-9(2-6-12)7-10-3-4-11(14(17)18)8-13(10)15(19)20/h1-6,8H,7H2,(H,17,18)(H,19,20). The minimum absolute atomic E-state index is 0.0609. The molecule has 2 aromatic rings. The van der Waals surface area contributed by atoms with Crippen LogP contribution in [0.25, 0.3) is 0 Å². The van der Waals surface area contributed by atoms with Gasteiger partial charge in [-0.1, -0.05) is 18.2 Å². The van der Waals surface area contributed by atoms with Gasteiger partial charge >= 0.3 is 11.9 Å². The molecule has 0 heterocycles. The summed E-state index contributed by atoms with van der Waals surface area (Å²) in [5.41, 5.74) is 1.09. The first-order valence-electron chi connectivity index (χ1n) is 5.81. The molecule has 2 aromatic carbocycles. The molecular weight excluding hydrogens is 263 g/mol. The van der Waals surface area contributed by atoms with Gasteiger partial charge < -0.3 is 10.2 Å². The van der Waals surface area contributed by atoms with Gasteiger partial charge in [-0.15, -0.1) is 0 Å². The van der Waals surface area contributed by atoms with Gasteiger partial charge in [-0.2, -0.15) is 0 Å². The Balaban J connectivity index is 2.38. The molecule has 0 unspecified atom stereocenters. The normalized spacial score (nSPS) is 10.2. The predicted octanol–water partition coefficient (Wildman–Crippen LogP) is 2.81. The van der Waals surface area contributed by atoms with Crippen LogP contribution in [-0.2, 0) is 6.42 Å². The zero-order valence-corrected chi connectivity index (χ0v) is 10.3. The predicted molar refractivity (Wildman–Crippen MR) is 69.6 cm³/mol. The van der Waals surface area contributed by atoms with Crippen molar-refractivity contribution in [3.8, 4) is 0 Å². The average molecular weight is 274 g/mol. The van der Waals surface area contributed by atoms with E-state index in [4.69, 9.17) is 10.2 Å². The highest BCUT2D eigenvalue weighted by Crippen LogP contribution is 2.17. The van der Waals surface area contributed by atoms with Crippen LogP contribution in [0.3, 0.4) is 0 Å². The van der Waals surface area contributed by atoms with E-state index < -0.39 is 11.9 Å². The number of carboxylic acids is 2. The smallest absolute Gasteiger partial charge is 0.336 e. The third-order valence-electron chi connectivity index (χ3n) is 2.90. The third kappa shape index (κ3) is 3.00. The molecular formula is C15H11FO4. The van der Waals surface area contributed by atoms with Crippen molar-refractivity contribution in [1.82, 2.24) is 0 Å². The Bertz CT molecular complexity index is 662. The van der Waals surface area contributed by atoms with Crippen LogP contribution in [-0.4, -0.2) is 22.2 Å². The zero-order chi connectivity index (χ0) is 14.7. The minimum Gasteiger partial charge on any atom is -0.478 e. The number of hydrogen-bond acceptors (Lipinski definition) is 2. The molecule has 2 N–H and O–H groups in total. The second-order valence-electron chi connectivity index (χ2n) is 4.29. The zero-order valence-electron chi connectivity index (χ0n) is 10.3. The van der Waals surface area contributed by atoms with Crippen LogP contribution in [0.2, 0.25) is 0 Å². The van der Waals surface area contributed by atoms with E-state index in [0.29, 0.717) is 12.0 Å². The molecule has 0 saturated carbocycles. The molecule has 102 valence electrons. The number of rotatable bonds is 4. The summed E-state index contributed by atoms with van der Waals surface area (Å²) in [4.78, 5) is 22.0. The number of aromatic carboxylic acids is 2. The van der Waals surface area contributed by atoms with Crippen LogP contribution in [0.15, 0.2) is 42.5 Å². The van der Waals surface area contributed by atoms with Crippen LogP contribution in [0, 0.1) is 5.82 Å². The van der Waals surface area contributed by atoms with Crippen LogP contribution < -0.4 is 0 Å². The first-order valence-corrected chi connectivity index (χ1v) is 5.81. The lowest BCUT2D eigenvalue weighted by Gasteiger charge is -2.07. The van der Waals surface area contributed by atoms with E-state index in [0.717, 1.165) is 11.6 Å². The molecule has 0 atom stereocenters. The fourth-order valence-electron chi connectivity index (χ4n) is 1.88. The van der Waals surface area contributed by atoms with Crippen molar-refractivity contribution in [1.29, 1.82) is 0 Å². The number of carbonyl (C=O) groups is 2. The molecule has 0 aliphatic carbocycles. The van der Waals surface area contributed by atoms with E-state index >= 15 is 0 Å². The summed E-state index contributed by atoms with van der Waals surface area (Å²) in [5.74, 6) is -2.74. The van der Waals surface area contributed by atoms with Gasteiger partial charge in [-0.3, -0.25) is 0 Å².